The smallest absolute Gasteiger partial charge is 0.257 e. The quantitative estimate of drug-likeness (QED) is 0.850. The molecule has 25 heavy (non-hydrogen) atoms. The summed E-state index contributed by atoms with van der Waals surface area (Å²) in [6.07, 6.45) is -0.426. The van der Waals surface area contributed by atoms with Crippen LogP contribution in [0.3, 0.4) is 0 Å². The van der Waals surface area contributed by atoms with Gasteiger partial charge in [0.25, 0.3) is 5.91 Å². The number of morpholine rings is 1. The lowest BCUT2D eigenvalue weighted by atomic mass is 10.1. The van der Waals surface area contributed by atoms with E-state index in [1.54, 1.807) is 6.07 Å². The Hall–Kier alpha value is -2.54. The predicted molar refractivity (Wildman–Crippen MR) is 83.9 cm³/mol. The average molecular weight is 351 g/mol. The van der Waals surface area contributed by atoms with Gasteiger partial charge in [-0.25, -0.2) is 13.2 Å². The van der Waals surface area contributed by atoms with Crippen molar-refractivity contribution in [1.82, 2.24) is 4.90 Å². The zero-order chi connectivity index (χ0) is 17.8. The van der Waals surface area contributed by atoms with Gasteiger partial charge in [-0.15, -0.1) is 0 Å². The minimum absolute atomic E-state index is 0.124. The molecule has 1 amide bonds. The van der Waals surface area contributed by atoms with Gasteiger partial charge in [-0.3, -0.25) is 4.79 Å². The van der Waals surface area contributed by atoms with E-state index >= 15 is 0 Å². The van der Waals surface area contributed by atoms with Crippen molar-refractivity contribution in [2.45, 2.75) is 6.10 Å². The number of ether oxygens (including phenoxy) is 2. The van der Waals surface area contributed by atoms with Crippen molar-refractivity contribution in [2.75, 3.05) is 26.3 Å². The molecule has 1 aliphatic rings. The summed E-state index contributed by atoms with van der Waals surface area (Å²) < 4.78 is 50.9. The molecule has 1 heterocycles. The number of halogens is 3. The lowest BCUT2D eigenvalue weighted by Gasteiger charge is -2.33. The molecule has 2 aromatic rings. The van der Waals surface area contributed by atoms with Crippen LogP contribution in [-0.2, 0) is 4.74 Å². The van der Waals surface area contributed by atoms with Gasteiger partial charge in [0, 0.05) is 18.7 Å². The van der Waals surface area contributed by atoms with E-state index in [1.165, 1.54) is 23.1 Å². The van der Waals surface area contributed by atoms with Gasteiger partial charge in [0.05, 0.1) is 18.7 Å². The van der Waals surface area contributed by atoms with Gasteiger partial charge in [0.1, 0.15) is 35.9 Å². The largest absolute Gasteiger partial charge is 0.491 e. The summed E-state index contributed by atoms with van der Waals surface area (Å²) in [5.74, 6) is -2.22. The molecule has 0 spiro atoms. The second kappa shape index (κ2) is 7.57. The fraction of sp³-hybridized carbons (Fsp3) is 0.278. The SMILES string of the molecule is O=C(c1ccc(F)cc1F)N1CCOC(COc2cccc(F)c2)C1. The van der Waals surface area contributed by atoms with Crippen molar-refractivity contribution >= 4 is 5.91 Å². The van der Waals surface area contributed by atoms with E-state index in [-0.39, 0.29) is 25.3 Å². The first-order valence-electron chi connectivity index (χ1n) is 7.77. The summed E-state index contributed by atoms with van der Waals surface area (Å²) in [6.45, 7) is 0.891. The molecule has 0 radical (unpaired) electrons. The van der Waals surface area contributed by atoms with Crippen molar-refractivity contribution in [1.29, 1.82) is 0 Å². The van der Waals surface area contributed by atoms with Crippen LogP contribution in [0.5, 0.6) is 5.75 Å². The summed E-state index contributed by atoms with van der Waals surface area (Å²) >= 11 is 0. The molecule has 3 rings (SSSR count). The van der Waals surface area contributed by atoms with Gasteiger partial charge >= 0.3 is 0 Å². The topological polar surface area (TPSA) is 38.8 Å². The number of amides is 1. The fourth-order valence-electron chi connectivity index (χ4n) is 2.58. The molecule has 1 aliphatic heterocycles. The lowest BCUT2D eigenvalue weighted by molar-refractivity contribution is -0.0402. The molecular formula is C18H16F3NO3. The number of benzene rings is 2. The highest BCUT2D eigenvalue weighted by molar-refractivity contribution is 5.94. The molecule has 1 atom stereocenters. The van der Waals surface area contributed by atoms with Crippen molar-refractivity contribution in [3.63, 3.8) is 0 Å². The Bertz CT molecular complexity index is 769. The molecule has 1 fully saturated rings. The second-order valence-corrected chi connectivity index (χ2v) is 5.64. The first-order valence-corrected chi connectivity index (χ1v) is 7.77. The predicted octanol–water partition coefficient (Wildman–Crippen LogP) is 3.02. The normalized spacial score (nSPS) is 17.4. The van der Waals surface area contributed by atoms with Crippen LogP contribution >= 0.6 is 0 Å². The van der Waals surface area contributed by atoms with E-state index in [1.807, 2.05) is 0 Å². The molecule has 132 valence electrons. The number of rotatable bonds is 4. The lowest BCUT2D eigenvalue weighted by Crippen LogP contribution is -2.47. The first-order chi connectivity index (χ1) is 12.0. The van der Waals surface area contributed by atoms with Gasteiger partial charge in [-0.05, 0) is 24.3 Å². The van der Waals surface area contributed by atoms with E-state index in [9.17, 15) is 18.0 Å². The van der Waals surface area contributed by atoms with Crippen LogP contribution in [0.2, 0.25) is 0 Å². The Labute approximate surface area is 142 Å². The summed E-state index contributed by atoms with van der Waals surface area (Å²) in [5.41, 5.74) is -0.187. The summed E-state index contributed by atoms with van der Waals surface area (Å²) in [4.78, 5) is 13.8. The molecule has 1 saturated heterocycles. The van der Waals surface area contributed by atoms with Crippen LogP contribution in [0, 0.1) is 17.5 Å². The van der Waals surface area contributed by atoms with Crippen LogP contribution < -0.4 is 4.74 Å². The van der Waals surface area contributed by atoms with Crippen molar-refractivity contribution in [2.24, 2.45) is 0 Å². The molecule has 0 aliphatic carbocycles. The molecule has 1 unspecified atom stereocenters. The summed E-state index contributed by atoms with van der Waals surface area (Å²) in [7, 11) is 0. The minimum Gasteiger partial charge on any atom is -0.491 e. The molecule has 0 saturated carbocycles. The third-order valence-electron chi connectivity index (χ3n) is 3.82. The molecular weight excluding hydrogens is 335 g/mol. The van der Waals surface area contributed by atoms with Crippen LogP contribution in [0.25, 0.3) is 0 Å². The van der Waals surface area contributed by atoms with Gasteiger partial charge in [0.2, 0.25) is 0 Å². The molecule has 0 N–H and O–H groups in total. The number of hydrogen-bond donors (Lipinski definition) is 0. The number of carbonyl (C=O) groups excluding carboxylic acids is 1. The van der Waals surface area contributed by atoms with Gasteiger partial charge < -0.3 is 14.4 Å². The monoisotopic (exact) mass is 351 g/mol. The third kappa shape index (κ3) is 4.30. The summed E-state index contributed by atoms with van der Waals surface area (Å²) in [6, 6.07) is 8.55. The third-order valence-corrected chi connectivity index (χ3v) is 3.82. The van der Waals surface area contributed by atoms with Gasteiger partial charge in [-0.2, -0.15) is 0 Å². The molecule has 7 heteroatoms. The van der Waals surface area contributed by atoms with Gasteiger partial charge in [-0.1, -0.05) is 6.07 Å². The Balaban J connectivity index is 1.61. The zero-order valence-electron chi connectivity index (χ0n) is 13.3. The number of carbonyl (C=O) groups is 1. The highest BCUT2D eigenvalue weighted by Crippen LogP contribution is 2.17. The maximum atomic E-state index is 13.8. The standard InChI is InChI=1S/C18H16F3NO3/c19-12-2-1-3-14(8-12)25-11-15-10-22(6-7-24-15)18(23)16-5-4-13(20)9-17(16)21/h1-5,8-9,15H,6-7,10-11H2. The van der Waals surface area contributed by atoms with E-state index in [4.69, 9.17) is 9.47 Å². The van der Waals surface area contributed by atoms with E-state index < -0.39 is 29.5 Å². The number of hydrogen-bond acceptors (Lipinski definition) is 3. The second-order valence-electron chi connectivity index (χ2n) is 5.64. The minimum atomic E-state index is -0.899. The highest BCUT2D eigenvalue weighted by atomic mass is 19.1. The molecule has 0 bridgehead atoms. The fourth-order valence-corrected chi connectivity index (χ4v) is 2.58. The molecule has 2 aromatic carbocycles. The maximum absolute atomic E-state index is 13.8. The van der Waals surface area contributed by atoms with Crippen LogP contribution in [0.15, 0.2) is 42.5 Å². The van der Waals surface area contributed by atoms with E-state index in [0.29, 0.717) is 18.4 Å². The maximum Gasteiger partial charge on any atom is 0.257 e. The van der Waals surface area contributed by atoms with Gasteiger partial charge in [0.15, 0.2) is 0 Å². The molecule has 0 aromatic heterocycles. The van der Waals surface area contributed by atoms with Crippen molar-refractivity contribution in [3.8, 4) is 5.75 Å². The number of nitrogens with zero attached hydrogens (tertiary/aromatic N) is 1. The average Bonchev–Trinajstić information content (AvgIpc) is 2.60. The Kier molecular flexibility index (Phi) is 5.23. The van der Waals surface area contributed by atoms with Crippen LogP contribution in [0.4, 0.5) is 13.2 Å². The Morgan fingerprint density at radius 2 is 1.96 bits per heavy atom. The Morgan fingerprint density at radius 1 is 1.16 bits per heavy atom. The summed E-state index contributed by atoms with van der Waals surface area (Å²) in [5, 5.41) is 0. The zero-order valence-corrected chi connectivity index (χ0v) is 13.3. The first kappa shape index (κ1) is 17.3. The van der Waals surface area contributed by atoms with Crippen LogP contribution in [0.1, 0.15) is 10.4 Å². The van der Waals surface area contributed by atoms with Crippen molar-refractivity contribution < 1.29 is 27.4 Å². The Morgan fingerprint density at radius 3 is 2.72 bits per heavy atom. The van der Waals surface area contributed by atoms with Crippen molar-refractivity contribution in [3.05, 3.63) is 65.5 Å². The van der Waals surface area contributed by atoms with E-state index in [0.717, 1.165) is 12.1 Å². The van der Waals surface area contributed by atoms with E-state index in [2.05, 4.69) is 0 Å². The molecule has 4 nitrogen and oxygen atoms in total. The van der Waals surface area contributed by atoms with Crippen LogP contribution in [-0.4, -0.2) is 43.2 Å². The highest BCUT2D eigenvalue weighted by Gasteiger charge is 2.27.